The fraction of sp³-hybridized carbons (Fsp3) is 0.200. The molecule has 0 saturated carbocycles. The van der Waals surface area contributed by atoms with E-state index < -0.39 is 0 Å². The molecule has 0 bridgehead atoms. The predicted molar refractivity (Wildman–Crippen MR) is 75.3 cm³/mol. The Kier molecular flexibility index (Phi) is 3.21. The lowest BCUT2D eigenvalue weighted by atomic mass is 10.1. The van der Waals surface area contributed by atoms with Crippen molar-refractivity contribution in [1.82, 2.24) is 15.1 Å². The number of carbonyl (C=O) groups excluding carboxylic acids is 1. The molecule has 0 aliphatic heterocycles. The maximum absolute atomic E-state index is 13.2. The lowest BCUT2D eigenvalue weighted by Crippen LogP contribution is -2.22. The van der Waals surface area contributed by atoms with Crippen molar-refractivity contribution < 1.29 is 13.6 Å². The van der Waals surface area contributed by atoms with Gasteiger partial charge in [-0.3, -0.25) is 9.48 Å². The number of hydrogen-bond acceptors (Lipinski definition) is 3. The Morgan fingerprint density at radius 1 is 1.48 bits per heavy atom. The predicted octanol–water partition coefficient (Wildman–Crippen LogP) is 2.54. The second kappa shape index (κ2) is 5.05. The lowest BCUT2D eigenvalue weighted by molar-refractivity contribution is 0.0924. The van der Waals surface area contributed by atoms with E-state index in [4.69, 9.17) is 4.42 Å². The molecule has 0 radical (unpaired) electrons. The van der Waals surface area contributed by atoms with Crippen molar-refractivity contribution in [3.8, 4) is 0 Å². The summed E-state index contributed by atoms with van der Waals surface area (Å²) in [7, 11) is 1.81. The van der Waals surface area contributed by atoms with Crippen molar-refractivity contribution in [3.05, 3.63) is 53.3 Å². The van der Waals surface area contributed by atoms with E-state index in [1.807, 2.05) is 13.2 Å². The maximum Gasteiger partial charge on any atom is 0.287 e. The molecular weight excluding hydrogens is 273 g/mol. The van der Waals surface area contributed by atoms with Crippen molar-refractivity contribution >= 4 is 16.9 Å². The van der Waals surface area contributed by atoms with E-state index in [1.54, 1.807) is 17.8 Å². The number of carbonyl (C=O) groups is 1. The van der Waals surface area contributed by atoms with Crippen LogP contribution in [0.3, 0.4) is 0 Å². The minimum atomic E-state index is -0.353. The SMILES string of the molecule is Cc1c(C(=O)NCc2cnn(C)c2)oc2ccc(F)cc12. The monoisotopic (exact) mass is 287 g/mol. The molecule has 1 amide bonds. The zero-order valence-corrected chi connectivity index (χ0v) is 11.7. The van der Waals surface area contributed by atoms with Gasteiger partial charge in [0, 0.05) is 36.3 Å². The molecule has 6 heteroatoms. The second-order valence-corrected chi connectivity index (χ2v) is 4.90. The Morgan fingerprint density at radius 2 is 2.29 bits per heavy atom. The fourth-order valence-corrected chi connectivity index (χ4v) is 2.24. The van der Waals surface area contributed by atoms with Crippen LogP contribution in [0.5, 0.6) is 0 Å². The molecular formula is C15H14FN3O2. The summed E-state index contributed by atoms with van der Waals surface area (Å²) in [5.74, 6) is -0.471. The average molecular weight is 287 g/mol. The van der Waals surface area contributed by atoms with Crippen LogP contribution in [-0.4, -0.2) is 15.7 Å². The molecule has 3 aromatic rings. The lowest BCUT2D eigenvalue weighted by Gasteiger charge is -2.01. The molecule has 0 fully saturated rings. The Hall–Kier alpha value is -2.63. The number of rotatable bonds is 3. The molecule has 1 N–H and O–H groups in total. The summed E-state index contributed by atoms with van der Waals surface area (Å²) in [4.78, 5) is 12.2. The second-order valence-electron chi connectivity index (χ2n) is 4.90. The van der Waals surface area contributed by atoms with Crippen LogP contribution < -0.4 is 5.32 Å². The Labute approximate surface area is 120 Å². The van der Waals surface area contributed by atoms with Gasteiger partial charge in [0.15, 0.2) is 5.76 Å². The minimum Gasteiger partial charge on any atom is -0.451 e. The number of hydrogen-bond donors (Lipinski definition) is 1. The Morgan fingerprint density at radius 3 is 3.00 bits per heavy atom. The van der Waals surface area contributed by atoms with E-state index in [-0.39, 0.29) is 17.5 Å². The van der Waals surface area contributed by atoms with Crippen molar-refractivity contribution in [2.45, 2.75) is 13.5 Å². The molecule has 2 heterocycles. The molecule has 3 rings (SSSR count). The number of benzene rings is 1. The quantitative estimate of drug-likeness (QED) is 0.805. The summed E-state index contributed by atoms with van der Waals surface area (Å²) < 4.78 is 20.4. The van der Waals surface area contributed by atoms with Gasteiger partial charge in [0.1, 0.15) is 11.4 Å². The van der Waals surface area contributed by atoms with Gasteiger partial charge < -0.3 is 9.73 Å². The van der Waals surface area contributed by atoms with Gasteiger partial charge in [0.05, 0.1) is 6.20 Å². The summed E-state index contributed by atoms with van der Waals surface area (Å²) in [6, 6.07) is 4.20. The van der Waals surface area contributed by atoms with Crippen LogP contribution in [0.2, 0.25) is 0 Å². The highest BCUT2D eigenvalue weighted by Crippen LogP contribution is 2.25. The topological polar surface area (TPSA) is 60.1 Å². The Balaban J connectivity index is 1.82. The molecule has 0 aliphatic carbocycles. The minimum absolute atomic E-state index is 0.208. The fourth-order valence-electron chi connectivity index (χ4n) is 2.24. The van der Waals surface area contributed by atoms with Gasteiger partial charge in [0.25, 0.3) is 5.91 Å². The van der Waals surface area contributed by atoms with Gasteiger partial charge in [-0.2, -0.15) is 5.10 Å². The summed E-state index contributed by atoms with van der Waals surface area (Å²) in [6.45, 7) is 2.10. The highest BCUT2D eigenvalue weighted by molar-refractivity contribution is 5.98. The van der Waals surface area contributed by atoms with Crippen LogP contribution in [0.15, 0.2) is 35.0 Å². The molecule has 0 aliphatic rings. The third-order valence-electron chi connectivity index (χ3n) is 3.32. The van der Waals surface area contributed by atoms with E-state index in [2.05, 4.69) is 10.4 Å². The molecule has 0 saturated heterocycles. The van der Waals surface area contributed by atoms with Crippen LogP contribution >= 0.6 is 0 Å². The first kappa shape index (κ1) is 13.4. The molecule has 21 heavy (non-hydrogen) atoms. The van der Waals surface area contributed by atoms with Gasteiger partial charge in [-0.05, 0) is 25.1 Å². The number of furan rings is 1. The summed E-state index contributed by atoms with van der Waals surface area (Å²) in [5, 5.41) is 7.41. The van der Waals surface area contributed by atoms with Crippen LogP contribution in [0.1, 0.15) is 21.7 Å². The number of nitrogens with zero attached hydrogens (tertiary/aromatic N) is 2. The Bertz CT molecular complexity index is 820. The molecule has 0 unspecified atom stereocenters. The van der Waals surface area contributed by atoms with E-state index in [0.29, 0.717) is 23.1 Å². The highest BCUT2D eigenvalue weighted by atomic mass is 19.1. The van der Waals surface area contributed by atoms with Gasteiger partial charge >= 0.3 is 0 Å². The highest BCUT2D eigenvalue weighted by Gasteiger charge is 2.17. The van der Waals surface area contributed by atoms with E-state index >= 15 is 0 Å². The van der Waals surface area contributed by atoms with Crippen LogP contribution in [0.25, 0.3) is 11.0 Å². The van der Waals surface area contributed by atoms with Crippen molar-refractivity contribution in [2.24, 2.45) is 7.05 Å². The normalized spacial score (nSPS) is 11.0. The average Bonchev–Trinajstić information content (AvgIpc) is 3.01. The maximum atomic E-state index is 13.2. The van der Waals surface area contributed by atoms with Crippen molar-refractivity contribution in [3.63, 3.8) is 0 Å². The van der Waals surface area contributed by atoms with E-state index in [0.717, 1.165) is 5.56 Å². The largest absolute Gasteiger partial charge is 0.451 e. The van der Waals surface area contributed by atoms with Crippen LogP contribution in [-0.2, 0) is 13.6 Å². The molecule has 0 spiro atoms. The zero-order valence-electron chi connectivity index (χ0n) is 11.7. The summed E-state index contributed by atoms with van der Waals surface area (Å²) in [6.07, 6.45) is 3.50. The summed E-state index contributed by atoms with van der Waals surface area (Å²) >= 11 is 0. The number of halogens is 1. The molecule has 108 valence electrons. The van der Waals surface area contributed by atoms with Crippen LogP contribution in [0.4, 0.5) is 4.39 Å². The first-order chi connectivity index (χ1) is 10.0. The standard InChI is InChI=1S/C15H14FN3O2/c1-9-12-5-11(16)3-4-13(12)21-14(9)15(20)17-6-10-7-18-19(2)8-10/h3-5,7-8H,6H2,1-2H3,(H,17,20). The number of nitrogens with one attached hydrogen (secondary N) is 1. The third kappa shape index (κ3) is 2.52. The first-order valence-corrected chi connectivity index (χ1v) is 6.49. The molecule has 0 atom stereocenters. The van der Waals surface area contributed by atoms with Gasteiger partial charge in [-0.25, -0.2) is 4.39 Å². The van der Waals surface area contributed by atoms with Crippen molar-refractivity contribution in [1.29, 1.82) is 0 Å². The number of aryl methyl sites for hydroxylation is 2. The van der Waals surface area contributed by atoms with E-state index in [9.17, 15) is 9.18 Å². The van der Waals surface area contributed by atoms with Gasteiger partial charge in [-0.1, -0.05) is 0 Å². The number of amides is 1. The number of aromatic nitrogens is 2. The molecule has 1 aromatic carbocycles. The van der Waals surface area contributed by atoms with Gasteiger partial charge in [-0.15, -0.1) is 0 Å². The molecule has 5 nitrogen and oxygen atoms in total. The third-order valence-corrected chi connectivity index (χ3v) is 3.32. The number of fused-ring (bicyclic) bond motifs is 1. The first-order valence-electron chi connectivity index (χ1n) is 6.49. The zero-order chi connectivity index (χ0) is 15.0. The smallest absolute Gasteiger partial charge is 0.287 e. The van der Waals surface area contributed by atoms with Crippen LogP contribution in [0, 0.1) is 12.7 Å². The van der Waals surface area contributed by atoms with Crippen molar-refractivity contribution in [2.75, 3.05) is 0 Å². The van der Waals surface area contributed by atoms with E-state index in [1.165, 1.54) is 18.2 Å². The van der Waals surface area contributed by atoms with Gasteiger partial charge in [0.2, 0.25) is 0 Å². The molecule has 2 aromatic heterocycles. The summed E-state index contributed by atoms with van der Waals surface area (Å²) in [5.41, 5.74) is 2.03.